The van der Waals surface area contributed by atoms with E-state index < -0.39 is 6.10 Å². The number of hydrogen-bond donors (Lipinski definition) is 2. The van der Waals surface area contributed by atoms with Crippen molar-refractivity contribution in [3.05, 3.63) is 34.9 Å². The molecule has 66 valence electrons. The van der Waals surface area contributed by atoms with Crippen LogP contribution in [-0.2, 0) is 0 Å². The lowest BCUT2D eigenvalue weighted by Crippen LogP contribution is -2.11. The fourth-order valence-electron chi connectivity index (χ4n) is 1.34. The van der Waals surface area contributed by atoms with Gasteiger partial charge < -0.3 is 10.8 Å². The van der Waals surface area contributed by atoms with E-state index in [1.54, 1.807) is 0 Å². The molecule has 0 radical (unpaired) electrons. The van der Waals surface area contributed by atoms with Crippen LogP contribution >= 0.6 is 0 Å². The van der Waals surface area contributed by atoms with Gasteiger partial charge in [0.1, 0.15) is 0 Å². The normalized spacial score (nSPS) is 13.0. The first-order chi connectivity index (χ1) is 5.63. The fraction of sp³-hybridized carbons (Fsp3) is 0.400. The second kappa shape index (κ2) is 3.70. The van der Waals surface area contributed by atoms with E-state index in [-0.39, 0.29) is 6.54 Å². The second-order valence-electron chi connectivity index (χ2n) is 3.17. The van der Waals surface area contributed by atoms with Gasteiger partial charge in [-0.25, -0.2) is 0 Å². The van der Waals surface area contributed by atoms with Crippen molar-refractivity contribution in [2.24, 2.45) is 5.73 Å². The van der Waals surface area contributed by atoms with Gasteiger partial charge >= 0.3 is 0 Å². The predicted molar refractivity (Wildman–Crippen MR) is 49.9 cm³/mol. The summed E-state index contributed by atoms with van der Waals surface area (Å²) < 4.78 is 0. The van der Waals surface area contributed by atoms with Crippen LogP contribution in [0.3, 0.4) is 0 Å². The van der Waals surface area contributed by atoms with Crippen LogP contribution in [0.25, 0.3) is 0 Å². The summed E-state index contributed by atoms with van der Waals surface area (Å²) in [5.41, 5.74) is 8.59. The molecule has 0 fully saturated rings. The first-order valence-electron chi connectivity index (χ1n) is 4.10. The lowest BCUT2D eigenvalue weighted by molar-refractivity contribution is 0.186. The number of aliphatic hydroxyl groups is 1. The van der Waals surface area contributed by atoms with Gasteiger partial charge in [-0.3, -0.25) is 0 Å². The molecule has 2 nitrogen and oxygen atoms in total. The van der Waals surface area contributed by atoms with E-state index >= 15 is 0 Å². The molecule has 0 heterocycles. The number of benzene rings is 1. The smallest absolute Gasteiger partial charge is 0.0912 e. The number of aryl methyl sites for hydroxylation is 2. The van der Waals surface area contributed by atoms with E-state index in [1.807, 2.05) is 26.0 Å². The minimum absolute atomic E-state index is 0.281. The molecule has 0 bridgehead atoms. The highest BCUT2D eigenvalue weighted by Gasteiger charge is 2.04. The van der Waals surface area contributed by atoms with E-state index in [0.29, 0.717) is 0 Å². The molecule has 0 spiro atoms. The Hall–Kier alpha value is -0.860. The molecule has 0 saturated carbocycles. The predicted octanol–water partition coefficient (Wildman–Crippen LogP) is 1.30. The molecule has 0 aliphatic heterocycles. The van der Waals surface area contributed by atoms with E-state index in [0.717, 1.165) is 16.7 Å². The first-order valence-corrected chi connectivity index (χ1v) is 4.10. The third kappa shape index (κ3) is 2.06. The van der Waals surface area contributed by atoms with Crippen molar-refractivity contribution in [1.29, 1.82) is 0 Å². The molecule has 1 atom stereocenters. The number of rotatable bonds is 2. The van der Waals surface area contributed by atoms with Crippen LogP contribution in [0.15, 0.2) is 18.2 Å². The molecule has 1 aromatic carbocycles. The Morgan fingerprint density at radius 1 is 1.25 bits per heavy atom. The molecule has 1 rings (SSSR count). The molecule has 2 heteroatoms. The van der Waals surface area contributed by atoms with Gasteiger partial charge in [0.05, 0.1) is 6.10 Å². The quantitative estimate of drug-likeness (QED) is 0.693. The van der Waals surface area contributed by atoms with Gasteiger partial charge in [0, 0.05) is 6.54 Å². The Morgan fingerprint density at radius 2 is 1.75 bits per heavy atom. The maximum atomic E-state index is 9.45. The topological polar surface area (TPSA) is 46.2 Å². The fourth-order valence-corrected chi connectivity index (χ4v) is 1.34. The Labute approximate surface area is 73.0 Å². The summed E-state index contributed by atoms with van der Waals surface area (Å²) in [5, 5.41) is 9.45. The molecule has 0 aliphatic carbocycles. The lowest BCUT2D eigenvalue weighted by atomic mass is 10.0. The summed E-state index contributed by atoms with van der Waals surface area (Å²) in [4.78, 5) is 0. The average Bonchev–Trinajstić information content (AvgIpc) is 2.01. The summed E-state index contributed by atoms with van der Waals surface area (Å²) in [6.45, 7) is 4.31. The van der Waals surface area contributed by atoms with Crippen LogP contribution in [0, 0.1) is 13.8 Å². The highest BCUT2D eigenvalue weighted by Crippen LogP contribution is 2.15. The van der Waals surface area contributed by atoms with Gasteiger partial charge in [0.25, 0.3) is 0 Å². The van der Waals surface area contributed by atoms with Gasteiger partial charge in [-0.2, -0.15) is 0 Å². The van der Waals surface area contributed by atoms with Crippen molar-refractivity contribution in [1.82, 2.24) is 0 Å². The standard InChI is InChI=1S/C10H15NO/c1-7-3-8(2)5-9(4-7)10(12)6-11/h3-5,10,12H,6,11H2,1-2H3/t10-/m1/s1. The Balaban J connectivity index is 3.00. The minimum atomic E-state index is -0.524. The van der Waals surface area contributed by atoms with Crippen LogP contribution in [0.2, 0.25) is 0 Å². The molecule has 0 aromatic heterocycles. The molecule has 12 heavy (non-hydrogen) atoms. The maximum absolute atomic E-state index is 9.45. The minimum Gasteiger partial charge on any atom is -0.387 e. The van der Waals surface area contributed by atoms with Crippen molar-refractivity contribution in [3.8, 4) is 0 Å². The second-order valence-corrected chi connectivity index (χ2v) is 3.17. The molecule has 1 aromatic rings. The summed E-state index contributed by atoms with van der Waals surface area (Å²) in [6.07, 6.45) is -0.524. The Kier molecular flexibility index (Phi) is 2.84. The lowest BCUT2D eigenvalue weighted by Gasteiger charge is -2.09. The largest absolute Gasteiger partial charge is 0.387 e. The van der Waals surface area contributed by atoms with Crippen molar-refractivity contribution in [2.75, 3.05) is 6.54 Å². The monoisotopic (exact) mass is 165 g/mol. The highest BCUT2D eigenvalue weighted by atomic mass is 16.3. The van der Waals surface area contributed by atoms with Crippen molar-refractivity contribution < 1.29 is 5.11 Å². The third-order valence-electron chi connectivity index (χ3n) is 1.85. The summed E-state index contributed by atoms with van der Waals surface area (Å²) in [5.74, 6) is 0. The zero-order chi connectivity index (χ0) is 9.14. The molecule has 3 N–H and O–H groups in total. The van der Waals surface area contributed by atoms with E-state index in [4.69, 9.17) is 5.73 Å². The summed E-state index contributed by atoms with van der Waals surface area (Å²) in [7, 11) is 0. The van der Waals surface area contributed by atoms with Crippen LogP contribution in [0.5, 0.6) is 0 Å². The van der Waals surface area contributed by atoms with Gasteiger partial charge in [0.2, 0.25) is 0 Å². The molecule has 0 unspecified atom stereocenters. The SMILES string of the molecule is Cc1cc(C)cc([C@H](O)CN)c1. The number of aliphatic hydroxyl groups excluding tert-OH is 1. The van der Waals surface area contributed by atoms with Crippen molar-refractivity contribution >= 4 is 0 Å². The Morgan fingerprint density at radius 3 is 2.17 bits per heavy atom. The number of hydrogen-bond acceptors (Lipinski definition) is 2. The third-order valence-corrected chi connectivity index (χ3v) is 1.85. The van der Waals surface area contributed by atoms with Gasteiger partial charge in [-0.15, -0.1) is 0 Å². The van der Waals surface area contributed by atoms with E-state index in [9.17, 15) is 5.11 Å². The molecular formula is C10H15NO. The van der Waals surface area contributed by atoms with Crippen LogP contribution in [0.4, 0.5) is 0 Å². The molecular weight excluding hydrogens is 150 g/mol. The zero-order valence-corrected chi connectivity index (χ0v) is 7.54. The molecule has 0 amide bonds. The Bertz CT molecular complexity index is 250. The van der Waals surface area contributed by atoms with E-state index in [2.05, 4.69) is 6.07 Å². The van der Waals surface area contributed by atoms with Crippen LogP contribution < -0.4 is 5.73 Å². The highest BCUT2D eigenvalue weighted by molar-refractivity contribution is 5.29. The van der Waals surface area contributed by atoms with Crippen LogP contribution in [-0.4, -0.2) is 11.7 Å². The zero-order valence-electron chi connectivity index (χ0n) is 7.54. The summed E-state index contributed by atoms with van der Waals surface area (Å²) >= 11 is 0. The van der Waals surface area contributed by atoms with Crippen molar-refractivity contribution in [2.45, 2.75) is 20.0 Å². The van der Waals surface area contributed by atoms with Crippen LogP contribution in [0.1, 0.15) is 22.8 Å². The summed E-state index contributed by atoms with van der Waals surface area (Å²) in [6, 6.07) is 6.00. The van der Waals surface area contributed by atoms with Gasteiger partial charge in [-0.1, -0.05) is 29.3 Å². The maximum Gasteiger partial charge on any atom is 0.0912 e. The van der Waals surface area contributed by atoms with Crippen molar-refractivity contribution in [3.63, 3.8) is 0 Å². The molecule has 0 saturated heterocycles. The number of nitrogens with two attached hydrogens (primary N) is 1. The van der Waals surface area contributed by atoms with Gasteiger partial charge in [0.15, 0.2) is 0 Å². The molecule has 0 aliphatic rings. The average molecular weight is 165 g/mol. The van der Waals surface area contributed by atoms with E-state index in [1.165, 1.54) is 0 Å². The first kappa shape index (κ1) is 9.23. The van der Waals surface area contributed by atoms with Gasteiger partial charge in [-0.05, 0) is 19.4 Å².